The van der Waals surface area contributed by atoms with E-state index < -0.39 is 15.9 Å². The smallest absolute Gasteiger partial charge is 0.255 e. The van der Waals surface area contributed by atoms with Gasteiger partial charge >= 0.3 is 0 Å². The summed E-state index contributed by atoms with van der Waals surface area (Å²) < 4.78 is 32.9. The normalized spacial score (nSPS) is 11.4. The van der Waals surface area contributed by atoms with E-state index in [0.29, 0.717) is 10.7 Å². The van der Waals surface area contributed by atoms with Gasteiger partial charge in [0, 0.05) is 19.2 Å². The Kier molecular flexibility index (Phi) is 7.00. The molecule has 0 atom stereocenters. The first kappa shape index (κ1) is 22.8. The van der Waals surface area contributed by atoms with Gasteiger partial charge < -0.3 is 10.1 Å². The van der Waals surface area contributed by atoms with Gasteiger partial charge in [0.05, 0.1) is 17.8 Å². The molecule has 0 radical (unpaired) electrons. The zero-order valence-corrected chi connectivity index (χ0v) is 19.0. The third-order valence-electron chi connectivity index (χ3n) is 4.73. The number of amides is 1. The Hall–Kier alpha value is -2.87. The van der Waals surface area contributed by atoms with Crippen LogP contribution in [0.4, 0.5) is 5.69 Å². The van der Waals surface area contributed by atoms with Crippen molar-refractivity contribution in [3.05, 3.63) is 88.4 Å². The fourth-order valence-corrected chi connectivity index (χ4v) is 4.65. The highest BCUT2D eigenvalue weighted by molar-refractivity contribution is 7.89. The molecule has 1 amide bonds. The highest BCUT2D eigenvalue weighted by Gasteiger charge is 2.26. The van der Waals surface area contributed by atoms with Gasteiger partial charge in [-0.05, 0) is 48.4 Å². The summed E-state index contributed by atoms with van der Waals surface area (Å²) in [7, 11) is -1.05. The van der Waals surface area contributed by atoms with Gasteiger partial charge in [-0.2, -0.15) is 4.31 Å². The van der Waals surface area contributed by atoms with Crippen LogP contribution in [0.25, 0.3) is 0 Å². The molecule has 31 heavy (non-hydrogen) atoms. The van der Waals surface area contributed by atoms with Crippen LogP contribution in [0.1, 0.15) is 21.5 Å². The van der Waals surface area contributed by atoms with Crippen LogP contribution in [0.2, 0.25) is 5.02 Å². The molecule has 0 aliphatic carbocycles. The van der Waals surface area contributed by atoms with Crippen LogP contribution >= 0.6 is 11.6 Å². The van der Waals surface area contributed by atoms with Crippen LogP contribution in [0, 0.1) is 6.92 Å². The van der Waals surface area contributed by atoms with Gasteiger partial charge in [0.1, 0.15) is 10.6 Å². The van der Waals surface area contributed by atoms with E-state index in [1.165, 1.54) is 36.7 Å². The monoisotopic (exact) mass is 458 g/mol. The Balaban J connectivity index is 1.91. The van der Waals surface area contributed by atoms with Crippen LogP contribution in [-0.4, -0.2) is 32.8 Å². The lowest BCUT2D eigenvalue weighted by Gasteiger charge is -2.19. The van der Waals surface area contributed by atoms with E-state index in [-0.39, 0.29) is 22.8 Å². The van der Waals surface area contributed by atoms with Gasteiger partial charge in [0.25, 0.3) is 5.91 Å². The number of hydrogen-bond donors (Lipinski definition) is 1. The largest absolute Gasteiger partial charge is 0.495 e. The van der Waals surface area contributed by atoms with E-state index in [2.05, 4.69) is 5.32 Å². The van der Waals surface area contributed by atoms with Crippen molar-refractivity contribution in [3.63, 3.8) is 0 Å². The Morgan fingerprint density at radius 1 is 1.06 bits per heavy atom. The van der Waals surface area contributed by atoms with E-state index in [1.54, 1.807) is 12.1 Å². The van der Waals surface area contributed by atoms with Gasteiger partial charge in [-0.15, -0.1) is 0 Å². The summed E-state index contributed by atoms with van der Waals surface area (Å²) in [6.45, 7) is 2.08. The molecule has 3 aromatic carbocycles. The van der Waals surface area contributed by atoms with Gasteiger partial charge in [0.15, 0.2) is 0 Å². The van der Waals surface area contributed by atoms with Crippen molar-refractivity contribution in [2.24, 2.45) is 0 Å². The van der Waals surface area contributed by atoms with Crippen molar-refractivity contribution >= 4 is 33.2 Å². The Morgan fingerprint density at radius 2 is 1.77 bits per heavy atom. The maximum absolute atomic E-state index is 13.2. The van der Waals surface area contributed by atoms with Crippen molar-refractivity contribution in [1.29, 1.82) is 0 Å². The second-order valence-electron chi connectivity index (χ2n) is 7.05. The average molecular weight is 459 g/mol. The van der Waals surface area contributed by atoms with Crippen LogP contribution < -0.4 is 10.1 Å². The highest BCUT2D eigenvalue weighted by atomic mass is 35.5. The van der Waals surface area contributed by atoms with Crippen molar-refractivity contribution in [2.45, 2.75) is 18.4 Å². The van der Waals surface area contributed by atoms with Crippen molar-refractivity contribution in [2.75, 3.05) is 19.5 Å². The third-order valence-corrected chi connectivity index (χ3v) is 6.87. The second-order valence-corrected chi connectivity index (χ2v) is 9.47. The molecule has 0 aromatic heterocycles. The first-order valence-corrected chi connectivity index (χ1v) is 11.3. The molecule has 8 heteroatoms. The molecule has 0 fully saturated rings. The Morgan fingerprint density at radius 3 is 2.42 bits per heavy atom. The molecule has 1 N–H and O–H groups in total. The van der Waals surface area contributed by atoms with Crippen molar-refractivity contribution in [3.8, 4) is 5.75 Å². The SMILES string of the molecule is COc1ccc(C(=O)Nc2ccc(C)cc2Cl)cc1S(=O)(=O)N(C)Cc1ccccc1. The maximum Gasteiger partial charge on any atom is 0.255 e. The molecule has 3 aromatic rings. The lowest BCUT2D eigenvalue weighted by Crippen LogP contribution is -2.27. The number of carbonyl (C=O) groups is 1. The van der Waals surface area contributed by atoms with E-state index in [0.717, 1.165) is 11.1 Å². The first-order valence-electron chi connectivity index (χ1n) is 9.48. The molecule has 0 saturated carbocycles. The van der Waals surface area contributed by atoms with Crippen molar-refractivity contribution in [1.82, 2.24) is 4.31 Å². The Labute approximate surface area is 187 Å². The van der Waals surface area contributed by atoms with Gasteiger partial charge in [-0.25, -0.2) is 8.42 Å². The van der Waals surface area contributed by atoms with Gasteiger partial charge in [0.2, 0.25) is 10.0 Å². The summed E-state index contributed by atoms with van der Waals surface area (Å²) in [5.74, 6) is -0.319. The molecule has 0 heterocycles. The molecule has 0 saturated heterocycles. The molecule has 0 spiro atoms. The van der Waals surface area contributed by atoms with E-state index in [4.69, 9.17) is 16.3 Å². The fourth-order valence-electron chi connectivity index (χ4n) is 3.03. The number of nitrogens with one attached hydrogen (secondary N) is 1. The van der Waals surface area contributed by atoms with Crippen LogP contribution in [0.15, 0.2) is 71.6 Å². The number of anilines is 1. The summed E-state index contributed by atoms with van der Waals surface area (Å²) in [5, 5.41) is 3.12. The second kappa shape index (κ2) is 9.51. The molecule has 0 aliphatic heterocycles. The molecule has 3 rings (SSSR count). The predicted molar refractivity (Wildman–Crippen MR) is 122 cm³/mol. The van der Waals surface area contributed by atoms with E-state index in [9.17, 15) is 13.2 Å². The minimum absolute atomic E-state index is 0.0870. The van der Waals surface area contributed by atoms with E-state index >= 15 is 0 Å². The lowest BCUT2D eigenvalue weighted by molar-refractivity contribution is 0.102. The molecule has 6 nitrogen and oxygen atoms in total. The predicted octanol–water partition coefficient (Wildman–Crippen LogP) is 4.73. The number of halogens is 1. The summed E-state index contributed by atoms with van der Waals surface area (Å²) in [6, 6.07) is 18.8. The molecule has 0 aliphatic rings. The van der Waals surface area contributed by atoms with Crippen LogP contribution in [0.5, 0.6) is 5.75 Å². The van der Waals surface area contributed by atoms with E-state index in [1.807, 2.05) is 43.3 Å². The van der Waals surface area contributed by atoms with Crippen molar-refractivity contribution < 1.29 is 17.9 Å². The number of ether oxygens (including phenoxy) is 1. The molecular weight excluding hydrogens is 436 g/mol. The minimum Gasteiger partial charge on any atom is -0.495 e. The average Bonchev–Trinajstić information content (AvgIpc) is 2.75. The Bertz CT molecular complexity index is 1200. The number of sulfonamides is 1. The molecular formula is C23H23ClN2O4S. The number of aryl methyl sites for hydroxylation is 1. The first-order chi connectivity index (χ1) is 14.7. The summed E-state index contributed by atoms with van der Waals surface area (Å²) in [4.78, 5) is 12.7. The number of carbonyl (C=O) groups excluding carboxylic acids is 1. The lowest BCUT2D eigenvalue weighted by atomic mass is 10.2. The fraction of sp³-hybridized carbons (Fsp3) is 0.174. The standard InChI is InChI=1S/C23H23ClN2O4S/c1-16-9-11-20(19(24)13-16)25-23(27)18-10-12-21(30-3)22(14-18)31(28,29)26(2)15-17-7-5-4-6-8-17/h4-14H,15H2,1-3H3,(H,25,27). The number of benzene rings is 3. The summed E-state index contributed by atoms with van der Waals surface area (Å²) in [6.07, 6.45) is 0. The number of methoxy groups -OCH3 is 1. The van der Waals surface area contributed by atoms with Gasteiger partial charge in [-0.3, -0.25) is 4.79 Å². The zero-order valence-electron chi connectivity index (χ0n) is 17.4. The molecule has 162 valence electrons. The zero-order chi connectivity index (χ0) is 22.6. The topological polar surface area (TPSA) is 75.7 Å². The summed E-state index contributed by atoms with van der Waals surface area (Å²) in [5.41, 5.74) is 2.42. The summed E-state index contributed by atoms with van der Waals surface area (Å²) >= 11 is 6.19. The maximum atomic E-state index is 13.2. The number of nitrogens with zero attached hydrogens (tertiary/aromatic N) is 1. The minimum atomic E-state index is -3.92. The van der Waals surface area contributed by atoms with Gasteiger partial charge in [-0.1, -0.05) is 48.0 Å². The number of rotatable bonds is 7. The molecule has 0 bridgehead atoms. The van der Waals surface area contributed by atoms with Crippen LogP contribution in [0.3, 0.4) is 0 Å². The molecule has 0 unspecified atom stereocenters. The third kappa shape index (κ3) is 5.25. The van der Waals surface area contributed by atoms with Crippen LogP contribution in [-0.2, 0) is 16.6 Å². The highest BCUT2D eigenvalue weighted by Crippen LogP contribution is 2.29. The number of hydrogen-bond acceptors (Lipinski definition) is 4. The quantitative estimate of drug-likeness (QED) is 0.555.